The Balaban J connectivity index is 1.89. The zero-order valence-corrected chi connectivity index (χ0v) is 14.5. The van der Waals surface area contributed by atoms with Gasteiger partial charge in [-0.2, -0.15) is 0 Å². The van der Waals surface area contributed by atoms with E-state index in [2.05, 4.69) is 0 Å². The fraction of sp³-hybridized carbons (Fsp3) is 0.0526. The lowest BCUT2D eigenvalue weighted by Crippen LogP contribution is -2.28. The Kier molecular flexibility index (Phi) is 4.92. The molecule has 0 spiro atoms. The van der Waals surface area contributed by atoms with Crippen molar-refractivity contribution in [1.29, 1.82) is 0 Å². The molecule has 1 fully saturated rings. The van der Waals surface area contributed by atoms with Gasteiger partial charge in [0.25, 0.3) is 5.91 Å². The fourth-order valence-corrected chi connectivity index (χ4v) is 3.70. The molecule has 2 nitrogen and oxygen atoms in total. The van der Waals surface area contributed by atoms with Gasteiger partial charge in [0.1, 0.15) is 5.82 Å². The number of halogens is 1. The van der Waals surface area contributed by atoms with Crippen molar-refractivity contribution in [1.82, 2.24) is 0 Å². The largest absolute Gasteiger partial charge is 0.270 e. The Bertz CT molecular complexity index is 859. The molecule has 1 amide bonds. The number of benzene rings is 2. The molecule has 2 aromatic carbocycles. The van der Waals surface area contributed by atoms with E-state index in [-0.39, 0.29) is 11.6 Å². The second-order valence-corrected chi connectivity index (χ2v) is 6.94. The van der Waals surface area contributed by atoms with Crippen molar-refractivity contribution in [2.75, 3.05) is 4.90 Å². The van der Waals surface area contributed by atoms with Gasteiger partial charge < -0.3 is 0 Å². The second kappa shape index (κ2) is 7.11. The molecule has 0 saturated carbocycles. The van der Waals surface area contributed by atoms with E-state index in [1.165, 1.54) is 22.7 Å². The van der Waals surface area contributed by atoms with Gasteiger partial charge in [-0.05, 0) is 36.3 Å². The number of anilines is 1. The number of hydrogen-bond donors (Lipinski definition) is 0. The first kappa shape index (κ1) is 16.6. The molecule has 0 N–H and O–H groups in total. The standard InChI is InChI=1S/C19H14FNOS2/c1-13(11-14-7-3-2-4-8-14)12-17-18(22)21(19(23)24-17)16-10-6-5-9-15(16)20/h2-12H,1H3/b13-11-,17-12+. The molecular formula is C19H14FNOS2. The molecule has 120 valence electrons. The quantitative estimate of drug-likeness (QED) is 0.559. The minimum atomic E-state index is -0.466. The molecule has 0 atom stereocenters. The molecule has 5 heteroatoms. The lowest BCUT2D eigenvalue weighted by molar-refractivity contribution is -0.113. The topological polar surface area (TPSA) is 20.3 Å². The van der Waals surface area contributed by atoms with Crippen molar-refractivity contribution >= 4 is 46.0 Å². The summed E-state index contributed by atoms with van der Waals surface area (Å²) in [7, 11) is 0. The van der Waals surface area contributed by atoms with E-state index < -0.39 is 5.82 Å². The third-order valence-electron chi connectivity index (χ3n) is 3.44. The number of amides is 1. The number of carbonyl (C=O) groups excluding carboxylic acids is 1. The number of thiocarbonyl (C=S) groups is 1. The van der Waals surface area contributed by atoms with Gasteiger partial charge in [-0.15, -0.1) is 0 Å². The van der Waals surface area contributed by atoms with Crippen LogP contribution in [0.5, 0.6) is 0 Å². The van der Waals surface area contributed by atoms with Crippen LogP contribution in [0.15, 0.2) is 71.2 Å². The SMILES string of the molecule is CC(=C/c1ccccc1)/C=C1/SC(=S)N(c2ccccc2F)C1=O. The zero-order valence-electron chi connectivity index (χ0n) is 12.9. The van der Waals surface area contributed by atoms with Gasteiger partial charge in [0.2, 0.25) is 0 Å². The summed E-state index contributed by atoms with van der Waals surface area (Å²) < 4.78 is 14.3. The van der Waals surface area contributed by atoms with Crippen molar-refractivity contribution in [2.45, 2.75) is 6.92 Å². The molecule has 1 saturated heterocycles. The van der Waals surface area contributed by atoms with Crippen molar-refractivity contribution < 1.29 is 9.18 Å². The van der Waals surface area contributed by atoms with Crippen molar-refractivity contribution in [3.8, 4) is 0 Å². The minimum absolute atomic E-state index is 0.188. The number of para-hydroxylation sites is 1. The first-order valence-electron chi connectivity index (χ1n) is 7.32. The smallest absolute Gasteiger partial charge is 0.268 e. The van der Waals surface area contributed by atoms with E-state index in [1.807, 2.05) is 43.3 Å². The van der Waals surface area contributed by atoms with Gasteiger partial charge in [0, 0.05) is 0 Å². The summed E-state index contributed by atoms with van der Waals surface area (Å²) in [6.07, 6.45) is 3.77. The molecule has 1 heterocycles. The van der Waals surface area contributed by atoms with E-state index in [0.29, 0.717) is 9.23 Å². The van der Waals surface area contributed by atoms with Crippen LogP contribution in [0.4, 0.5) is 10.1 Å². The highest BCUT2D eigenvalue weighted by molar-refractivity contribution is 8.27. The highest BCUT2D eigenvalue weighted by Gasteiger charge is 2.34. The maximum Gasteiger partial charge on any atom is 0.270 e. The van der Waals surface area contributed by atoms with Gasteiger partial charge >= 0.3 is 0 Å². The van der Waals surface area contributed by atoms with Crippen LogP contribution in [0.2, 0.25) is 0 Å². The summed E-state index contributed by atoms with van der Waals surface area (Å²) in [5.41, 5.74) is 2.17. The van der Waals surface area contributed by atoms with E-state index in [1.54, 1.807) is 24.3 Å². The van der Waals surface area contributed by atoms with E-state index in [9.17, 15) is 9.18 Å². The average molecular weight is 355 g/mol. The fourth-order valence-electron chi connectivity index (χ4n) is 2.37. The predicted octanol–water partition coefficient (Wildman–Crippen LogP) is 5.18. The molecule has 1 aliphatic heterocycles. The Morgan fingerprint density at radius 3 is 2.50 bits per heavy atom. The molecule has 0 aromatic heterocycles. The van der Waals surface area contributed by atoms with Crippen LogP contribution < -0.4 is 4.90 Å². The third-order valence-corrected chi connectivity index (χ3v) is 4.74. The van der Waals surface area contributed by atoms with Crippen molar-refractivity contribution in [3.05, 3.63) is 82.5 Å². The first-order chi connectivity index (χ1) is 11.6. The molecule has 3 rings (SSSR count). The predicted molar refractivity (Wildman–Crippen MR) is 102 cm³/mol. The number of nitrogens with zero attached hydrogens (tertiary/aromatic N) is 1. The Morgan fingerprint density at radius 1 is 1.12 bits per heavy atom. The molecular weight excluding hydrogens is 341 g/mol. The van der Waals surface area contributed by atoms with E-state index >= 15 is 0 Å². The molecule has 0 unspecified atom stereocenters. The van der Waals surface area contributed by atoms with Crippen LogP contribution in [-0.4, -0.2) is 10.2 Å². The van der Waals surface area contributed by atoms with Crippen LogP contribution in [0.3, 0.4) is 0 Å². The number of thioether (sulfide) groups is 1. The number of carbonyl (C=O) groups is 1. The van der Waals surface area contributed by atoms with Crippen molar-refractivity contribution in [3.63, 3.8) is 0 Å². The van der Waals surface area contributed by atoms with Crippen LogP contribution in [0.25, 0.3) is 6.08 Å². The van der Waals surface area contributed by atoms with E-state index in [4.69, 9.17) is 12.2 Å². The first-order valence-corrected chi connectivity index (χ1v) is 8.54. The summed E-state index contributed by atoms with van der Waals surface area (Å²) in [6.45, 7) is 1.92. The van der Waals surface area contributed by atoms with E-state index in [0.717, 1.165) is 11.1 Å². The Morgan fingerprint density at radius 2 is 1.79 bits per heavy atom. The highest BCUT2D eigenvalue weighted by Crippen LogP contribution is 2.36. The molecule has 0 bridgehead atoms. The molecule has 2 aromatic rings. The third kappa shape index (κ3) is 3.47. The lowest BCUT2D eigenvalue weighted by Gasteiger charge is -2.14. The molecule has 0 radical (unpaired) electrons. The highest BCUT2D eigenvalue weighted by atomic mass is 32.2. The molecule has 24 heavy (non-hydrogen) atoms. The normalized spacial score (nSPS) is 17.0. The molecule has 0 aliphatic carbocycles. The summed E-state index contributed by atoms with van der Waals surface area (Å²) in [5.74, 6) is -0.762. The van der Waals surface area contributed by atoms with Crippen LogP contribution in [0.1, 0.15) is 12.5 Å². The lowest BCUT2D eigenvalue weighted by atomic mass is 10.1. The average Bonchev–Trinajstić information content (AvgIpc) is 2.83. The van der Waals surface area contributed by atoms with Crippen molar-refractivity contribution in [2.24, 2.45) is 0 Å². The van der Waals surface area contributed by atoms with Crippen LogP contribution in [0, 0.1) is 5.82 Å². The zero-order chi connectivity index (χ0) is 17.1. The monoisotopic (exact) mass is 355 g/mol. The summed E-state index contributed by atoms with van der Waals surface area (Å²) in [4.78, 5) is 14.4. The van der Waals surface area contributed by atoms with Crippen LogP contribution >= 0.6 is 24.0 Å². The summed E-state index contributed by atoms with van der Waals surface area (Å²) in [6, 6.07) is 16.0. The number of hydrogen-bond acceptors (Lipinski definition) is 3. The second-order valence-electron chi connectivity index (χ2n) is 5.27. The van der Waals surface area contributed by atoms with Crippen LogP contribution in [-0.2, 0) is 4.79 Å². The number of rotatable bonds is 3. The molecule has 1 aliphatic rings. The Labute approximate surface area is 149 Å². The number of allylic oxidation sites excluding steroid dienone is 2. The summed E-state index contributed by atoms with van der Waals surface area (Å²) >= 11 is 6.45. The van der Waals surface area contributed by atoms with Gasteiger partial charge in [-0.3, -0.25) is 9.69 Å². The minimum Gasteiger partial charge on any atom is -0.268 e. The maximum absolute atomic E-state index is 14.0. The summed E-state index contributed by atoms with van der Waals surface area (Å²) in [5, 5.41) is 0. The van der Waals surface area contributed by atoms with Gasteiger partial charge in [-0.1, -0.05) is 72.5 Å². The Hall–Kier alpha value is -2.24. The maximum atomic E-state index is 14.0. The van der Waals surface area contributed by atoms with Gasteiger partial charge in [0.15, 0.2) is 4.32 Å². The van der Waals surface area contributed by atoms with Gasteiger partial charge in [0.05, 0.1) is 10.6 Å². The van der Waals surface area contributed by atoms with Gasteiger partial charge in [-0.25, -0.2) is 4.39 Å².